The largest absolute Gasteiger partial charge is 0.482 e. The summed E-state index contributed by atoms with van der Waals surface area (Å²) >= 11 is 5.30. The van der Waals surface area contributed by atoms with Gasteiger partial charge in [-0.3, -0.25) is 14.9 Å². The lowest BCUT2D eigenvalue weighted by atomic mass is 10.2. The summed E-state index contributed by atoms with van der Waals surface area (Å²) in [5.41, 5.74) is 0.664. The van der Waals surface area contributed by atoms with Crippen LogP contribution in [0.3, 0.4) is 0 Å². The third-order valence-electron chi connectivity index (χ3n) is 2.62. The number of nitrogens with zero attached hydrogens (tertiary/aromatic N) is 1. The van der Waals surface area contributed by atoms with Gasteiger partial charge in [-0.25, -0.2) is 0 Å². The van der Waals surface area contributed by atoms with Crippen molar-refractivity contribution in [1.29, 1.82) is 0 Å². The Balaban J connectivity index is 2.23. The first-order chi connectivity index (χ1) is 9.58. The van der Waals surface area contributed by atoms with Crippen LogP contribution in [0.2, 0.25) is 0 Å². The lowest BCUT2D eigenvalue weighted by molar-refractivity contribution is -0.386. The molecular formula is C14H10ClNO4. The maximum absolute atomic E-state index is 11.0. The summed E-state index contributed by atoms with van der Waals surface area (Å²) in [6.45, 7) is 0.204. The van der Waals surface area contributed by atoms with Crippen LogP contribution in [0.4, 0.5) is 5.69 Å². The summed E-state index contributed by atoms with van der Waals surface area (Å²) in [6, 6.07) is 13.1. The molecule has 102 valence electrons. The molecule has 2 aromatic carbocycles. The van der Waals surface area contributed by atoms with Gasteiger partial charge in [-0.15, -0.1) is 0 Å². The first kappa shape index (κ1) is 14.0. The minimum atomic E-state index is -0.747. The molecular weight excluding hydrogens is 282 g/mol. The quantitative estimate of drug-likeness (QED) is 0.480. The topological polar surface area (TPSA) is 69.4 Å². The van der Waals surface area contributed by atoms with Crippen LogP contribution in [0.15, 0.2) is 48.5 Å². The maximum atomic E-state index is 11.0. The molecule has 0 amide bonds. The molecule has 0 aliphatic rings. The Kier molecular flexibility index (Phi) is 4.32. The van der Waals surface area contributed by atoms with Gasteiger partial charge in [-0.2, -0.15) is 0 Å². The van der Waals surface area contributed by atoms with Gasteiger partial charge in [0.05, 0.1) is 4.92 Å². The summed E-state index contributed by atoms with van der Waals surface area (Å²) in [5.74, 6) is 0.0977. The number of benzene rings is 2. The van der Waals surface area contributed by atoms with E-state index in [1.54, 1.807) is 0 Å². The second kappa shape index (κ2) is 6.16. The van der Waals surface area contributed by atoms with Gasteiger partial charge in [0.2, 0.25) is 0 Å². The fraction of sp³-hybridized carbons (Fsp3) is 0.0714. The van der Waals surface area contributed by atoms with Crippen LogP contribution in [-0.4, -0.2) is 10.2 Å². The highest BCUT2D eigenvalue weighted by Crippen LogP contribution is 2.29. The van der Waals surface area contributed by atoms with E-state index in [1.807, 2.05) is 30.3 Å². The van der Waals surface area contributed by atoms with E-state index in [4.69, 9.17) is 16.3 Å². The standard InChI is InChI=1S/C14H10ClNO4/c15-14(17)11-6-7-13(12(8-11)16(18)19)20-9-10-4-2-1-3-5-10/h1-8H,9H2. The van der Waals surface area contributed by atoms with Crippen LogP contribution >= 0.6 is 11.6 Å². The fourth-order valence-corrected chi connectivity index (χ4v) is 1.76. The summed E-state index contributed by atoms with van der Waals surface area (Å²) in [7, 11) is 0. The number of ether oxygens (including phenoxy) is 1. The van der Waals surface area contributed by atoms with Crippen molar-refractivity contribution in [3.63, 3.8) is 0 Å². The molecule has 0 radical (unpaired) electrons. The van der Waals surface area contributed by atoms with Gasteiger partial charge in [0.25, 0.3) is 5.24 Å². The minimum absolute atomic E-state index is 0.0606. The van der Waals surface area contributed by atoms with Gasteiger partial charge in [0.15, 0.2) is 5.75 Å². The maximum Gasteiger partial charge on any atom is 0.311 e. The van der Waals surface area contributed by atoms with E-state index >= 15 is 0 Å². The lowest BCUT2D eigenvalue weighted by Crippen LogP contribution is -2.00. The highest BCUT2D eigenvalue weighted by molar-refractivity contribution is 6.67. The molecule has 0 bridgehead atoms. The second-order valence-corrected chi connectivity index (χ2v) is 4.33. The molecule has 0 unspecified atom stereocenters. The first-order valence-corrected chi connectivity index (χ1v) is 6.10. The lowest BCUT2D eigenvalue weighted by Gasteiger charge is -2.07. The molecule has 5 nitrogen and oxygen atoms in total. The van der Waals surface area contributed by atoms with E-state index in [0.717, 1.165) is 11.6 Å². The molecule has 0 saturated heterocycles. The van der Waals surface area contributed by atoms with Crippen LogP contribution in [0, 0.1) is 10.1 Å². The van der Waals surface area contributed by atoms with Crippen molar-refractivity contribution < 1.29 is 14.5 Å². The van der Waals surface area contributed by atoms with Crippen molar-refractivity contribution in [3.8, 4) is 5.75 Å². The van der Waals surface area contributed by atoms with Crippen molar-refractivity contribution in [2.45, 2.75) is 6.61 Å². The number of rotatable bonds is 5. The van der Waals surface area contributed by atoms with Crippen LogP contribution in [-0.2, 0) is 6.61 Å². The van der Waals surface area contributed by atoms with Crippen molar-refractivity contribution in [3.05, 3.63) is 69.8 Å². The average Bonchev–Trinajstić information content (AvgIpc) is 2.45. The Morgan fingerprint density at radius 2 is 1.90 bits per heavy atom. The predicted octanol–water partition coefficient (Wildman–Crippen LogP) is 3.55. The number of hydrogen-bond donors (Lipinski definition) is 0. The van der Waals surface area contributed by atoms with E-state index in [0.29, 0.717) is 0 Å². The number of halogens is 1. The molecule has 2 aromatic rings. The van der Waals surface area contributed by atoms with Gasteiger partial charge in [-0.05, 0) is 29.3 Å². The first-order valence-electron chi connectivity index (χ1n) is 5.73. The molecule has 0 saturated carbocycles. The molecule has 6 heteroatoms. The van der Waals surface area contributed by atoms with Gasteiger partial charge >= 0.3 is 5.69 Å². The van der Waals surface area contributed by atoms with Gasteiger partial charge in [0, 0.05) is 11.6 Å². The average molecular weight is 292 g/mol. The van der Waals surface area contributed by atoms with E-state index in [9.17, 15) is 14.9 Å². The van der Waals surface area contributed by atoms with E-state index in [2.05, 4.69) is 0 Å². The second-order valence-electron chi connectivity index (χ2n) is 3.99. The third kappa shape index (κ3) is 3.33. The zero-order valence-electron chi connectivity index (χ0n) is 10.3. The van der Waals surface area contributed by atoms with Crippen molar-refractivity contribution in [2.75, 3.05) is 0 Å². The van der Waals surface area contributed by atoms with Crippen LogP contribution in [0.1, 0.15) is 15.9 Å². The van der Waals surface area contributed by atoms with Gasteiger partial charge in [0.1, 0.15) is 6.61 Å². The molecule has 20 heavy (non-hydrogen) atoms. The Hall–Kier alpha value is -2.40. The Morgan fingerprint density at radius 1 is 1.20 bits per heavy atom. The fourth-order valence-electron chi connectivity index (χ4n) is 1.64. The molecule has 0 aliphatic heterocycles. The Bertz CT molecular complexity index is 643. The SMILES string of the molecule is O=C(Cl)c1ccc(OCc2ccccc2)c([N+](=O)[O-])c1. The van der Waals surface area contributed by atoms with Crippen LogP contribution < -0.4 is 4.74 Å². The summed E-state index contributed by atoms with van der Waals surface area (Å²) in [4.78, 5) is 21.4. The van der Waals surface area contributed by atoms with Crippen molar-refractivity contribution >= 4 is 22.5 Å². The normalized spacial score (nSPS) is 10.1. The zero-order chi connectivity index (χ0) is 14.5. The summed E-state index contributed by atoms with van der Waals surface area (Å²) in [5, 5.41) is 10.2. The molecule has 0 heterocycles. The Labute approximate surface area is 119 Å². The van der Waals surface area contributed by atoms with E-state index in [-0.39, 0.29) is 23.6 Å². The molecule has 0 N–H and O–H groups in total. The molecule has 0 fully saturated rings. The highest BCUT2D eigenvalue weighted by Gasteiger charge is 2.18. The zero-order valence-corrected chi connectivity index (χ0v) is 11.0. The summed E-state index contributed by atoms with van der Waals surface area (Å²) in [6.07, 6.45) is 0. The van der Waals surface area contributed by atoms with Crippen LogP contribution in [0.25, 0.3) is 0 Å². The van der Waals surface area contributed by atoms with Gasteiger partial charge < -0.3 is 4.74 Å². The number of carbonyl (C=O) groups excluding carboxylic acids is 1. The monoisotopic (exact) mass is 291 g/mol. The summed E-state index contributed by atoms with van der Waals surface area (Å²) < 4.78 is 5.42. The van der Waals surface area contributed by atoms with E-state index in [1.165, 1.54) is 12.1 Å². The molecule has 0 aliphatic carbocycles. The molecule has 0 atom stereocenters. The van der Waals surface area contributed by atoms with E-state index < -0.39 is 10.2 Å². The molecule has 0 aromatic heterocycles. The van der Waals surface area contributed by atoms with Crippen LogP contribution in [0.5, 0.6) is 5.75 Å². The van der Waals surface area contributed by atoms with Gasteiger partial charge in [-0.1, -0.05) is 30.3 Å². The third-order valence-corrected chi connectivity index (χ3v) is 2.84. The number of nitro groups is 1. The Morgan fingerprint density at radius 3 is 2.50 bits per heavy atom. The molecule has 0 spiro atoms. The van der Waals surface area contributed by atoms with Crippen molar-refractivity contribution in [2.24, 2.45) is 0 Å². The molecule has 2 rings (SSSR count). The number of hydrogen-bond acceptors (Lipinski definition) is 4. The van der Waals surface area contributed by atoms with Crippen molar-refractivity contribution in [1.82, 2.24) is 0 Å². The number of nitro benzene ring substituents is 1. The highest BCUT2D eigenvalue weighted by atomic mass is 35.5. The minimum Gasteiger partial charge on any atom is -0.482 e. The number of carbonyl (C=O) groups is 1. The predicted molar refractivity (Wildman–Crippen MR) is 74.1 cm³/mol. The smallest absolute Gasteiger partial charge is 0.311 e.